The fraction of sp³-hybridized carbons (Fsp3) is 0.316. The topological polar surface area (TPSA) is 72.1 Å². The predicted molar refractivity (Wildman–Crippen MR) is 118 cm³/mol. The number of methoxy groups -OCH3 is 1. The van der Waals surface area contributed by atoms with Gasteiger partial charge in [-0.3, -0.25) is 4.99 Å². The van der Waals surface area contributed by atoms with E-state index in [-0.39, 0.29) is 24.0 Å². The van der Waals surface area contributed by atoms with Crippen LogP contribution in [0.1, 0.15) is 0 Å². The second-order valence-electron chi connectivity index (χ2n) is 5.63. The van der Waals surface area contributed by atoms with Crippen LogP contribution >= 0.6 is 24.0 Å². The molecule has 2 rings (SSSR count). The van der Waals surface area contributed by atoms with Gasteiger partial charge < -0.3 is 25.4 Å². The molecule has 142 valence electrons. The number of rotatable bonds is 9. The van der Waals surface area contributed by atoms with Crippen LogP contribution in [-0.4, -0.2) is 51.3 Å². The van der Waals surface area contributed by atoms with Gasteiger partial charge in [-0.15, -0.1) is 24.0 Å². The van der Waals surface area contributed by atoms with Crippen LogP contribution in [0.15, 0.2) is 59.6 Å². The van der Waals surface area contributed by atoms with Crippen LogP contribution in [0.25, 0.3) is 0 Å². The Labute approximate surface area is 172 Å². The van der Waals surface area contributed by atoms with Crippen molar-refractivity contribution in [2.75, 3.05) is 45.7 Å². The number of benzene rings is 2. The Bertz CT molecular complexity index is 668. The molecule has 0 unspecified atom stereocenters. The lowest BCUT2D eigenvalue weighted by Crippen LogP contribution is -2.28. The van der Waals surface area contributed by atoms with E-state index in [1.165, 1.54) is 0 Å². The fourth-order valence-corrected chi connectivity index (χ4v) is 2.15. The first-order valence-electron chi connectivity index (χ1n) is 8.25. The second kappa shape index (κ2) is 12.5. The molecule has 2 aromatic carbocycles. The number of aliphatic imine (C=N–C) groups is 1. The third kappa shape index (κ3) is 8.50. The molecule has 0 aromatic heterocycles. The number of guanidine groups is 1. The largest absolute Gasteiger partial charge is 0.457 e. The lowest BCUT2D eigenvalue weighted by molar-refractivity contribution is 0.163. The number of nitrogens with two attached hydrogens (primary N) is 1. The number of anilines is 1. The van der Waals surface area contributed by atoms with Crippen LogP contribution in [0.5, 0.6) is 11.5 Å². The molecule has 6 nitrogen and oxygen atoms in total. The molecule has 0 aliphatic rings. The van der Waals surface area contributed by atoms with Crippen LogP contribution in [0, 0.1) is 0 Å². The smallest absolute Gasteiger partial charge is 0.193 e. The zero-order valence-corrected chi connectivity index (χ0v) is 17.6. The summed E-state index contributed by atoms with van der Waals surface area (Å²) in [5.41, 5.74) is 6.79. The van der Waals surface area contributed by atoms with Crippen molar-refractivity contribution in [3.8, 4) is 11.5 Å². The third-order valence-electron chi connectivity index (χ3n) is 3.53. The van der Waals surface area contributed by atoms with Crippen molar-refractivity contribution in [1.29, 1.82) is 0 Å². The minimum atomic E-state index is 0. The van der Waals surface area contributed by atoms with Gasteiger partial charge >= 0.3 is 0 Å². The lowest BCUT2D eigenvalue weighted by Gasteiger charge is -2.14. The van der Waals surface area contributed by atoms with E-state index in [4.69, 9.17) is 15.2 Å². The standard InChI is InChI=1S/C19H26N4O2.HI/c1-23(13-14-24-2)12-11-21-19(20)22-16-7-6-10-18(15-16)25-17-8-4-3-5-9-17;/h3-10,15H,11-14H2,1-2H3,(H3,20,21,22);1H. The molecule has 0 amide bonds. The van der Waals surface area contributed by atoms with Gasteiger partial charge in [0.2, 0.25) is 0 Å². The third-order valence-corrected chi connectivity index (χ3v) is 3.53. The summed E-state index contributed by atoms with van der Waals surface area (Å²) in [5, 5.41) is 3.09. The van der Waals surface area contributed by atoms with E-state index in [1.807, 2.05) is 61.6 Å². The number of likely N-dealkylation sites (N-methyl/N-ethyl adjacent to an activating group) is 1. The van der Waals surface area contributed by atoms with Crippen LogP contribution in [0.2, 0.25) is 0 Å². The number of hydrogen-bond donors (Lipinski definition) is 2. The van der Waals surface area contributed by atoms with Gasteiger partial charge in [0.15, 0.2) is 5.96 Å². The molecule has 0 atom stereocenters. The predicted octanol–water partition coefficient (Wildman–Crippen LogP) is 3.40. The van der Waals surface area contributed by atoms with Crippen LogP contribution in [0.3, 0.4) is 0 Å². The highest BCUT2D eigenvalue weighted by Crippen LogP contribution is 2.23. The van der Waals surface area contributed by atoms with E-state index < -0.39 is 0 Å². The maximum atomic E-state index is 5.95. The maximum absolute atomic E-state index is 5.95. The molecule has 7 heteroatoms. The summed E-state index contributed by atoms with van der Waals surface area (Å²) in [4.78, 5) is 6.49. The SMILES string of the molecule is COCCN(C)CCN=C(N)Nc1cccc(Oc2ccccc2)c1.I. The Kier molecular flexibility index (Phi) is 10.7. The van der Waals surface area contributed by atoms with Crippen LogP contribution in [0.4, 0.5) is 5.69 Å². The van der Waals surface area contributed by atoms with Crippen molar-refractivity contribution >= 4 is 35.6 Å². The number of halogens is 1. The first kappa shape index (κ1) is 22.2. The van der Waals surface area contributed by atoms with Gasteiger partial charge in [0, 0.05) is 32.0 Å². The summed E-state index contributed by atoms with van der Waals surface area (Å²) >= 11 is 0. The maximum Gasteiger partial charge on any atom is 0.193 e. The Hall–Kier alpha value is -1.84. The van der Waals surface area contributed by atoms with E-state index in [1.54, 1.807) is 7.11 Å². The quantitative estimate of drug-likeness (QED) is 0.334. The Balaban J connectivity index is 0.00000338. The van der Waals surface area contributed by atoms with Gasteiger partial charge in [-0.1, -0.05) is 24.3 Å². The summed E-state index contributed by atoms with van der Waals surface area (Å²) in [5.74, 6) is 1.92. The van der Waals surface area contributed by atoms with E-state index >= 15 is 0 Å². The van der Waals surface area contributed by atoms with Crippen LogP contribution < -0.4 is 15.8 Å². The normalized spacial score (nSPS) is 11.1. The molecule has 3 N–H and O–H groups in total. The first-order valence-corrected chi connectivity index (χ1v) is 8.25. The van der Waals surface area contributed by atoms with Gasteiger partial charge in [-0.2, -0.15) is 0 Å². The average Bonchev–Trinajstić information content (AvgIpc) is 2.61. The Morgan fingerprint density at radius 1 is 1.08 bits per heavy atom. The first-order chi connectivity index (χ1) is 12.2. The Morgan fingerprint density at radius 3 is 2.54 bits per heavy atom. The van der Waals surface area contributed by atoms with Gasteiger partial charge in [0.1, 0.15) is 11.5 Å². The van der Waals surface area contributed by atoms with E-state index in [0.717, 1.165) is 30.3 Å². The number of ether oxygens (including phenoxy) is 2. The van der Waals surface area contributed by atoms with E-state index in [2.05, 4.69) is 15.2 Å². The molecule has 0 aliphatic carbocycles. The van der Waals surface area contributed by atoms with Gasteiger partial charge in [0.05, 0.1) is 13.2 Å². The molecule has 0 heterocycles. The highest BCUT2D eigenvalue weighted by Gasteiger charge is 2.01. The van der Waals surface area contributed by atoms with Gasteiger partial charge in [-0.05, 0) is 31.3 Å². The lowest BCUT2D eigenvalue weighted by atomic mass is 10.3. The highest BCUT2D eigenvalue weighted by molar-refractivity contribution is 14.0. The zero-order valence-electron chi connectivity index (χ0n) is 15.2. The second-order valence-corrected chi connectivity index (χ2v) is 5.63. The minimum absolute atomic E-state index is 0. The summed E-state index contributed by atoms with van der Waals surface area (Å²) in [6.07, 6.45) is 0. The Morgan fingerprint density at radius 2 is 1.81 bits per heavy atom. The summed E-state index contributed by atoms with van der Waals surface area (Å²) in [6, 6.07) is 17.3. The molecule has 0 saturated carbocycles. The van der Waals surface area contributed by atoms with Crippen molar-refractivity contribution in [2.24, 2.45) is 10.7 Å². The summed E-state index contributed by atoms with van der Waals surface area (Å²) in [7, 11) is 3.73. The minimum Gasteiger partial charge on any atom is -0.457 e. The monoisotopic (exact) mass is 470 g/mol. The van der Waals surface area contributed by atoms with Crippen molar-refractivity contribution in [1.82, 2.24) is 4.90 Å². The molecule has 0 radical (unpaired) electrons. The molecule has 26 heavy (non-hydrogen) atoms. The number of para-hydroxylation sites is 1. The average molecular weight is 470 g/mol. The molecule has 0 spiro atoms. The van der Waals surface area contributed by atoms with Crippen molar-refractivity contribution < 1.29 is 9.47 Å². The fourth-order valence-electron chi connectivity index (χ4n) is 2.15. The highest BCUT2D eigenvalue weighted by atomic mass is 127. The van der Waals surface area contributed by atoms with Gasteiger partial charge in [-0.25, -0.2) is 0 Å². The van der Waals surface area contributed by atoms with Crippen LogP contribution in [-0.2, 0) is 4.74 Å². The number of nitrogens with zero attached hydrogens (tertiary/aromatic N) is 2. The van der Waals surface area contributed by atoms with E-state index in [9.17, 15) is 0 Å². The number of hydrogen-bond acceptors (Lipinski definition) is 4. The van der Waals surface area contributed by atoms with Gasteiger partial charge in [0.25, 0.3) is 0 Å². The molecule has 0 fully saturated rings. The summed E-state index contributed by atoms with van der Waals surface area (Å²) < 4.78 is 10.9. The molecular weight excluding hydrogens is 443 g/mol. The molecule has 0 bridgehead atoms. The molecular formula is C19H27IN4O2. The molecule has 0 aliphatic heterocycles. The van der Waals surface area contributed by atoms with Crippen molar-refractivity contribution in [2.45, 2.75) is 0 Å². The van der Waals surface area contributed by atoms with Crippen molar-refractivity contribution in [3.63, 3.8) is 0 Å². The summed E-state index contributed by atoms with van der Waals surface area (Å²) in [6.45, 7) is 3.03. The van der Waals surface area contributed by atoms with E-state index in [0.29, 0.717) is 19.1 Å². The molecule has 2 aromatic rings. The number of nitrogens with one attached hydrogen (secondary N) is 1. The van der Waals surface area contributed by atoms with Crippen molar-refractivity contribution in [3.05, 3.63) is 54.6 Å². The molecule has 0 saturated heterocycles. The zero-order chi connectivity index (χ0) is 17.9.